The lowest BCUT2D eigenvalue weighted by Crippen LogP contribution is -2.41. The highest BCUT2D eigenvalue weighted by Gasteiger charge is 2.24. The lowest BCUT2D eigenvalue weighted by molar-refractivity contribution is 0.0478. The number of aliphatic hydroxyl groups excluding tert-OH is 1. The molecule has 0 aromatic carbocycles. The molecule has 1 saturated heterocycles. The van der Waals surface area contributed by atoms with E-state index in [2.05, 4.69) is 0 Å². The third kappa shape index (κ3) is 2.73. The minimum absolute atomic E-state index is 0.0206. The number of Topliss-reactive ketones (excluding diaryl/α,β-unsaturated/α-hetero) is 1. The zero-order valence-electron chi connectivity index (χ0n) is 9.68. The van der Waals surface area contributed by atoms with Crippen molar-refractivity contribution in [2.45, 2.75) is 25.9 Å². The number of nitrogens with zero attached hydrogens (tertiary/aromatic N) is 1. The van der Waals surface area contributed by atoms with Gasteiger partial charge in [-0.15, -0.1) is 11.3 Å². The molecular formula is C12H15NO3S. The van der Waals surface area contributed by atoms with E-state index in [-0.39, 0.29) is 11.7 Å². The number of piperidine rings is 1. The monoisotopic (exact) mass is 253 g/mol. The molecule has 0 bridgehead atoms. The first kappa shape index (κ1) is 12.3. The molecule has 17 heavy (non-hydrogen) atoms. The Balaban J connectivity index is 2.10. The second kappa shape index (κ2) is 4.98. The van der Waals surface area contributed by atoms with E-state index in [4.69, 9.17) is 0 Å². The van der Waals surface area contributed by atoms with Gasteiger partial charge in [0.25, 0.3) is 5.91 Å². The predicted molar refractivity (Wildman–Crippen MR) is 65.5 cm³/mol. The van der Waals surface area contributed by atoms with Gasteiger partial charge in [0, 0.05) is 13.1 Å². The van der Waals surface area contributed by atoms with Crippen molar-refractivity contribution in [1.82, 2.24) is 4.90 Å². The van der Waals surface area contributed by atoms with E-state index in [1.54, 1.807) is 17.0 Å². The van der Waals surface area contributed by atoms with E-state index in [1.165, 1.54) is 18.3 Å². The zero-order chi connectivity index (χ0) is 12.4. The third-order valence-corrected chi connectivity index (χ3v) is 4.02. The summed E-state index contributed by atoms with van der Waals surface area (Å²) >= 11 is 1.22. The summed E-state index contributed by atoms with van der Waals surface area (Å²) in [6, 6.07) is 3.37. The Morgan fingerprint density at radius 3 is 2.71 bits per heavy atom. The van der Waals surface area contributed by atoms with Gasteiger partial charge >= 0.3 is 0 Å². The summed E-state index contributed by atoms with van der Waals surface area (Å²) in [6.45, 7) is 2.57. The molecule has 1 amide bonds. The molecular weight excluding hydrogens is 238 g/mol. The maximum absolute atomic E-state index is 12.1. The number of likely N-dealkylation sites (tertiary alicyclic amines) is 1. The van der Waals surface area contributed by atoms with Gasteiger partial charge in [-0.25, -0.2) is 0 Å². The van der Waals surface area contributed by atoms with E-state index in [0.29, 0.717) is 22.8 Å². The number of amides is 1. The Labute approximate surface area is 104 Å². The van der Waals surface area contributed by atoms with Crippen molar-refractivity contribution in [3.8, 4) is 0 Å². The van der Waals surface area contributed by atoms with Crippen LogP contribution in [0.15, 0.2) is 12.1 Å². The molecule has 0 radical (unpaired) electrons. The minimum atomic E-state index is -0.417. The van der Waals surface area contributed by atoms with Crippen LogP contribution in [-0.4, -0.2) is 40.9 Å². The molecule has 1 aromatic rings. The van der Waals surface area contributed by atoms with Gasteiger partial charge < -0.3 is 10.0 Å². The Bertz CT molecular complexity index is 441. The molecule has 1 atom stereocenters. The maximum atomic E-state index is 12.1. The first-order chi connectivity index (χ1) is 8.08. The van der Waals surface area contributed by atoms with Gasteiger partial charge in [-0.2, -0.15) is 0 Å². The van der Waals surface area contributed by atoms with E-state index in [0.717, 1.165) is 12.8 Å². The molecule has 2 heterocycles. The average molecular weight is 253 g/mol. The lowest BCUT2D eigenvalue weighted by atomic mass is 10.1. The summed E-state index contributed by atoms with van der Waals surface area (Å²) in [6.07, 6.45) is 1.17. The number of β-amino-alcohol motifs (C(OH)–C–C–N with tert-alkyl or cyclic N) is 1. The quantitative estimate of drug-likeness (QED) is 0.813. The molecule has 2 rings (SSSR count). The number of ketones is 1. The van der Waals surface area contributed by atoms with Crippen molar-refractivity contribution in [3.63, 3.8) is 0 Å². The van der Waals surface area contributed by atoms with Crippen molar-refractivity contribution >= 4 is 23.0 Å². The fourth-order valence-corrected chi connectivity index (χ4v) is 2.81. The molecule has 0 saturated carbocycles. The molecule has 1 aliphatic rings. The number of hydrogen-bond donors (Lipinski definition) is 1. The third-order valence-electron chi connectivity index (χ3n) is 2.85. The molecule has 1 N–H and O–H groups in total. The largest absolute Gasteiger partial charge is 0.391 e. The molecule has 0 spiro atoms. The van der Waals surface area contributed by atoms with Crippen LogP contribution >= 0.6 is 11.3 Å². The summed E-state index contributed by atoms with van der Waals surface area (Å²) < 4.78 is 0. The molecule has 1 aromatic heterocycles. The zero-order valence-corrected chi connectivity index (χ0v) is 10.5. The van der Waals surface area contributed by atoms with Gasteiger partial charge in [0.1, 0.15) is 0 Å². The SMILES string of the molecule is CC(=O)c1ccc(C(=O)N2CCC[C@H](O)C2)s1. The molecule has 0 unspecified atom stereocenters. The molecule has 4 nitrogen and oxygen atoms in total. The van der Waals surface area contributed by atoms with Gasteiger partial charge in [-0.3, -0.25) is 9.59 Å². The Kier molecular flexibility index (Phi) is 3.59. The number of thiophene rings is 1. The molecule has 1 fully saturated rings. The van der Waals surface area contributed by atoms with Crippen molar-refractivity contribution < 1.29 is 14.7 Å². The van der Waals surface area contributed by atoms with Gasteiger partial charge in [0.15, 0.2) is 5.78 Å². The van der Waals surface area contributed by atoms with Gasteiger partial charge in [-0.05, 0) is 31.9 Å². The first-order valence-corrected chi connectivity index (χ1v) is 6.47. The van der Waals surface area contributed by atoms with Crippen LogP contribution in [0.1, 0.15) is 39.1 Å². The number of rotatable bonds is 2. The van der Waals surface area contributed by atoms with Crippen molar-refractivity contribution in [1.29, 1.82) is 0 Å². The highest BCUT2D eigenvalue weighted by Crippen LogP contribution is 2.21. The predicted octanol–water partition coefficient (Wildman–Crippen LogP) is 1.55. The van der Waals surface area contributed by atoms with Gasteiger partial charge in [0.2, 0.25) is 0 Å². The summed E-state index contributed by atoms with van der Waals surface area (Å²) in [7, 11) is 0. The standard InChI is InChI=1S/C12H15NO3S/c1-8(14)10-4-5-11(17-10)12(16)13-6-2-3-9(15)7-13/h4-5,9,15H,2-3,6-7H2,1H3/t9-/m0/s1. The van der Waals surface area contributed by atoms with Crippen molar-refractivity contribution in [3.05, 3.63) is 21.9 Å². The van der Waals surface area contributed by atoms with Crippen LogP contribution in [0, 0.1) is 0 Å². The van der Waals surface area contributed by atoms with Crippen LogP contribution in [0.5, 0.6) is 0 Å². The van der Waals surface area contributed by atoms with E-state index in [1.807, 2.05) is 0 Å². The summed E-state index contributed by atoms with van der Waals surface area (Å²) in [5, 5.41) is 9.52. The first-order valence-electron chi connectivity index (χ1n) is 5.66. The highest BCUT2D eigenvalue weighted by atomic mass is 32.1. The summed E-state index contributed by atoms with van der Waals surface area (Å²) in [5.41, 5.74) is 0. The van der Waals surface area contributed by atoms with Crippen LogP contribution in [0.3, 0.4) is 0 Å². The molecule has 5 heteroatoms. The number of aliphatic hydroxyl groups is 1. The topological polar surface area (TPSA) is 57.6 Å². The lowest BCUT2D eigenvalue weighted by Gasteiger charge is -2.29. The fourth-order valence-electron chi connectivity index (χ4n) is 1.94. The van der Waals surface area contributed by atoms with E-state index < -0.39 is 6.10 Å². The summed E-state index contributed by atoms with van der Waals surface area (Å²) in [4.78, 5) is 26.1. The highest BCUT2D eigenvalue weighted by molar-refractivity contribution is 7.15. The number of carbonyl (C=O) groups is 2. The number of hydrogen-bond acceptors (Lipinski definition) is 4. The van der Waals surface area contributed by atoms with E-state index >= 15 is 0 Å². The summed E-state index contributed by atoms with van der Waals surface area (Å²) in [5.74, 6) is -0.103. The van der Waals surface area contributed by atoms with Crippen LogP contribution in [0.4, 0.5) is 0 Å². The number of carbonyl (C=O) groups excluding carboxylic acids is 2. The normalized spacial score (nSPS) is 20.4. The van der Waals surface area contributed by atoms with Gasteiger partial charge in [-0.1, -0.05) is 0 Å². The smallest absolute Gasteiger partial charge is 0.264 e. The van der Waals surface area contributed by atoms with Crippen LogP contribution in [0.2, 0.25) is 0 Å². The van der Waals surface area contributed by atoms with E-state index in [9.17, 15) is 14.7 Å². The minimum Gasteiger partial charge on any atom is -0.391 e. The average Bonchev–Trinajstić information content (AvgIpc) is 2.77. The van der Waals surface area contributed by atoms with Crippen LogP contribution in [0.25, 0.3) is 0 Å². The van der Waals surface area contributed by atoms with Crippen molar-refractivity contribution in [2.24, 2.45) is 0 Å². The second-order valence-electron chi connectivity index (χ2n) is 4.27. The Morgan fingerprint density at radius 1 is 1.41 bits per heavy atom. The van der Waals surface area contributed by atoms with Crippen molar-refractivity contribution in [2.75, 3.05) is 13.1 Å². The molecule has 0 aliphatic carbocycles. The molecule has 92 valence electrons. The second-order valence-corrected chi connectivity index (χ2v) is 5.35. The van der Waals surface area contributed by atoms with Gasteiger partial charge in [0.05, 0.1) is 15.9 Å². The Morgan fingerprint density at radius 2 is 2.12 bits per heavy atom. The molecule has 1 aliphatic heterocycles. The fraction of sp³-hybridized carbons (Fsp3) is 0.500. The maximum Gasteiger partial charge on any atom is 0.264 e. The van der Waals surface area contributed by atoms with Crippen LogP contribution in [-0.2, 0) is 0 Å². The van der Waals surface area contributed by atoms with Crippen LogP contribution < -0.4 is 0 Å². The Hall–Kier alpha value is -1.20.